The number of anilines is 2. The Labute approximate surface area is 118 Å². The predicted octanol–water partition coefficient (Wildman–Crippen LogP) is 1.70. The van der Waals surface area contributed by atoms with E-state index in [0.29, 0.717) is 11.4 Å². The fourth-order valence-corrected chi connectivity index (χ4v) is 2.84. The fraction of sp³-hybridized carbons (Fsp3) is 0.333. The second-order valence-electron chi connectivity index (χ2n) is 4.51. The molecule has 8 heteroatoms. The lowest BCUT2D eigenvalue weighted by Gasteiger charge is -2.09. The van der Waals surface area contributed by atoms with E-state index in [1.54, 1.807) is 30.1 Å². The standard InChI is InChI=1S/C12H17N5O2S/c1-9(2)17-8-10(7-15-17)16-20(18,19)12-11(13-3)5-4-6-14-12/h4-9,13,16H,1-3H3. The Balaban J connectivity index is 2.31. The topological polar surface area (TPSA) is 88.9 Å². The van der Waals surface area contributed by atoms with Gasteiger partial charge in [-0.1, -0.05) is 0 Å². The molecule has 2 rings (SSSR count). The largest absolute Gasteiger partial charge is 0.386 e. The third-order valence-corrected chi connectivity index (χ3v) is 4.02. The van der Waals surface area contributed by atoms with Crippen molar-refractivity contribution in [1.82, 2.24) is 14.8 Å². The number of hydrogen-bond donors (Lipinski definition) is 2. The second-order valence-corrected chi connectivity index (χ2v) is 6.11. The van der Waals surface area contributed by atoms with Crippen LogP contribution in [0.4, 0.5) is 11.4 Å². The number of nitrogens with one attached hydrogen (secondary N) is 2. The summed E-state index contributed by atoms with van der Waals surface area (Å²) in [7, 11) is -2.10. The van der Waals surface area contributed by atoms with Gasteiger partial charge in [0.05, 0.1) is 17.6 Å². The first kappa shape index (κ1) is 14.3. The lowest BCUT2D eigenvalue weighted by molar-refractivity contribution is 0.532. The fourth-order valence-electron chi connectivity index (χ4n) is 1.67. The maximum Gasteiger partial charge on any atom is 0.281 e. The first-order valence-electron chi connectivity index (χ1n) is 6.14. The molecule has 0 bridgehead atoms. The summed E-state index contributed by atoms with van der Waals surface area (Å²) in [4.78, 5) is 3.92. The van der Waals surface area contributed by atoms with E-state index in [1.807, 2.05) is 13.8 Å². The quantitative estimate of drug-likeness (QED) is 0.876. The first-order chi connectivity index (χ1) is 9.44. The highest BCUT2D eigenvalue weighted by Crippen LogP contribution is 2.21. The van der Waals surface area contributed by atoms with Crippen LogP contribution < -0.4 is 10.0 Å². The van der Waals surface area contributed by atoms with Gasteiger partial charge in [-0.05, 0) is 26.0 Å². The number of sulfonamides is 1. The normalized spacial score (nSPS) is 11.6. The molecule has 2 aromatic rings. The van der Waals surface area contributed by atoms with Gasteiger partial charge in [0, 0.05) is 25.5 Å². The van der Waals surface area contributed by atoms with E-state index in [4.69, 9.17) is 0 Å². The smallest absolute Gasteiger partial charge is 0.281 e. The molecular weight excluding hydrogens is 278 g/mol. The minimum Gasteiger partial charge on any atom is -0.386 e. The number of hydrogen-bond acceptors (Lipinski definition) is 5. The van der Waals surface area contributed by atoms with E-state index in [0.717, 1.165) is 0 Å². The van der Waals surface area contributed by atoms with Crippen LogP contribution in [0, 0.1) is 0 Å². The highest BCUT2D eigenvalue weighted by atomic mass is 32.2. The minimum atomic E-state index is -3.75. The van der Waals surface area contributed by atoms with E-state index < -0.39 is 10.0 Å². The van der Waals surface area contributed by atoms with Crippen molar-refractivity contribution in [3.8, 4) is 0 Å². The molecule has 2 aromatic heterocycles. The van der Waals surface area contributed by atoms with Crippen LogP contribution in [0.1, 0.15) is 19.9 Å². The van der Waals surface area contributed by atoms with Gasteiger partial charge in [-0.15, -0.1) is 0 Å². The van der Waals surface area contributed by atoms with Crippen LogP contribution in [0.25, 0.3) is 0 Å². The van der Waals surface area contributed by atoms with Gasteiger partial charge in [-0.3, -0.25) is 9.40 Å². The Morgan fingerprint density at radius 3 is 2.70 bits per heavy atom. The Hall–Kier alpha value is -2.09. The summed E-state index contributed by atoms with van der Waals surface area (Å²) in [6.45, 7) is 3.92. The summed E-state index contributed by atoms with van der Waals surface area (Å²) in [6, 6.07) is 3.48. The van der Waals surface area contributed by atoms with Gasteiger partial charge in [-0.2, -0.15) is 13.5 Å². The molecule has 20 heavy (non-hydrogen) atoms. The van der Waals surface area contributed by atoms with Crippen molar-refractivity contribution in [3.63, 3.8) is 0 Å². The van der Waals surface area contributed by atoms with Gasteiger partial charge in [-0.25, -0.2) is 4.98 Å². The molecule has 0 unspecified atom stereocenters. The number of aromatic nitrogens is 3. The lowest BCUT2D eigenvalue weighted by Crippen LogP contribution is -2.16. The molecule has 0 saturated carbocycles. The Morgan fingerprint density at radius 1 is 1.35 bits per heavy atom. The summed E-state index contributed by atoms with van der Waals surface area (Å²) in [5.41, 5.74) is 0.850. The number of pyridine rings is 1. The maximum atomic E-state index is 12.3. The summed E-state index contributed by atoms with van der Waals surface area (Å²) in [5, 5.41) is 6.86. The summed E-state index contributed by atoms with van der Waals surface area (Å²) in [6.07, 6.45) is 4.55. The highest BCUT2D eigenvalue weighted by Gasteiger charge is 2.20. The van der Waals surface area contributed by atoms with Gasteiger partial charge < -0.3 is 5.32 Å². The zero-order valence-electron chi connectivity index (χ0n) is 11.5. The Kier molecular flexibility index (Phi) is 3.93. The van der Waals surface area contributed by atoms with Crippen molar-refractivity contribution in [2.45, 2.75) is 24.9 Å². The average molecular weight is 295 g/mol. The third kappa shape index (κ3) is 2.90. The van der Waals surface area contributed by atoms with Crippen molar-refractivity contribution in [2.75, 3.05) is 17.1 Å². The molecule has 0 fully saturated rings. The molecular formula is C12H17N5O2S. The van der Waals surface area contributed by atoms with Crippen molar-refractivity contribution in [1.29, 1.82) is 0 Å². The molecule has 108 valence electrons. The molecule has 0 saturated heterocycles. The van der Waals surface area contributed by atoms with E-state index >= 15 is 0 Å². The van der Waals surface area contributed by atoms with Crippen LogP contribution in [-0.2, 0) is 10.0 Å². The SMILES string of the molecule is CNc1cccnc1S(=O)(=O)Nc1cnn(C(C)C)c1. The average Bonchev–Trinajstić information content (AvgIpc) is 2.86. The van der Waals surface area contributed by atoms with Crippen molar-refractivity contribution in [3.05, 3.63) is 30.7 Å². The molecule has 0 amide bonds. The van der Waals surface area contributed by atoms with E-state index in [-0.39, 0.29) is 11.1 Å². The Morgan fingerprint density at radius 2 is 2.10 bits per heavy atom. The summed E-state index contributed by atoms with van der Waals surface area (Å²) >= 11 is 0. The summed E-state index contributed by atoms with van der Waals surface area (Å²) in [5.74, 6) is 0. The molecule has 0 atom stereocenters. The van der Waals surface area contributed by atoms with Gasteiger partial charge in [0.2, 0.25) is 0 Å². The van der Waals surface area contributed by atoms with Crippen molar-refractivity contribution in [2.24, 2.45) is 0 Å². The molecule has 0 aromatic carbocycles. The monoisotopic (exact) mass is 295 g/mol. The van der Waals surface area contributed by atoms with E-state index in [1.165, 1.54) is 12.4 Å². The van der Waals surface area contributed by atoms with Gasteiger partial charge in [0.25, 0.3) is 10.0 Å². The maximum absolute atomic E-state index is 12.3. The third-order valence-electron chi connectivity index (χ3n) is 2.68. The minimum absolute atomic E-state index is 0.0419. The molecule has 2 heterocycles. The molecule has 0 spiro atoms. The van der Waals surface area contributed by atoms with Crippen molar-refractivity contribution >= 4 is 21.4 Å². The summed E-state index contributed by atoms with van der Waals surface area (Å²) < 4.78 is 28.8. The van der Waals surface area contributed by atoms with Crippen LogP contribution >= 0.6 is 0 Å². The van der Waals surface area contributed by atoms with Gasteiger partial charge in [0.1, 0.15) is 0 Å². The number of nitrogens with zero attached hydrogens (tertiary/aromatic N) is 3. The molecule has 7 nitrogen and oxygen atoms in total. The molecule has 0 radical (unpaired) electrons. The molecule has 0 aliphatic carbocycles. The molecule has 2 N–H and O–H groups in total. The first-order valence-corrected chi connectivity index (χ1v) is 7.62. The van der Waals surface area contributed by atoms with Crippen LogP contribution in [0.3, 0.4) is 0 Å². The number of rotatable bonds is 5. The van der Waals surface area contributed by atoms with Crippen LogP contribution in [0.5, 0.6) is 0 Å². The van der Waals surface area contributed by atoms with Crippen LogP contribution in [0.2, 0.25) is 0 Å². The highest BCUT2D eigenvalue weighted by molar-refractivity contribution is 7.92. The van der Waals surface area contributed by atoms with Crippen molar-refractivity contribution < 1.29 is 8.42 Å². The molecule has 0 aliphatic heterocycles. The van der Waals surface area contributed by atoms with E-state index in [9.17, 15) is 8.42 Å². The van der Waals surface area contributed by atoms with Gasteiger partial charge >= 0.3 is 0 Å². The molecule has 0 aliphatic rings. The van der Waals surface area contributed by atoms with Crippen LogP contribution in [-0.4, -0.2) is 30.2 Å². The second kappa shape index (κ2) is 5.49. The zero-order valence-corrected chi connectivity index (χ0v) is 12.3. The lowest BCUT2D eigenvalue weighted by atomic mass is 10.4. The zero-order chi connectivity index (χ0) is 14.8. The predicted molar refractivity (Wildman–Crippen MR) is 77.2 cm³/mol. The van der Waals surface area contributed by atoms with Crippen LogP contribution in [0.15, 0.2) is 35.7 Å². The van der Waals surface area contributed by atoms with Gasteiger partial charge in [0.15, 0.2) is 5.03 Å². The Bertz CT molecular complexity index is 693. The van der Waals surface area contributed by atoms with E-state index in [2.05, 4.69) is 20.1 Å².